The quantitative estimate of drug-likeness (QED) is 0.621. The number of halogens is 1. The number of primary sulfonamides is 1. The van der Waals surface area contributed by atoms with Crippen LogP contribution >= 0.6 is 0 Å². The molecule has 25 heavy (non-hydrogen) atoms. The standard InChI is InChI=1S/C15H15FN4O4S/c16-13-4-3-11(25(17,23)24)8-12(13)15(22)20-7-6-19-14(21)10-2-1-5-18-9-10/h1-5,8-9H,6-7H2,(H,19,21)(H,20,22)(H2,17,23,24). The summed E-state index contributed by atoms with van der Waals surface area (Å²) < 4.78 is 36.2. The number of pyridine rings is 1. The van der Waals surface area contributed by atoms with E-state index in [-0.39, 0.29) is 23.9 Å². The fourth-order valence-electron chi connectivity index (χ4n) is 1.90. The van der Waals surface area contributed by atoms with Gasteiger partial charge in [0.05, 0.1) is 16.0 Å². The minimum absolute atomic E-state index is 0.0177. The van der Waals surface area contributed by atoms with Gasteiger partial charge in [0.1, 0.15) is 5.82 Å². The molecule has 0 aliphatic heterocycles. The van der Waals surface area contributed by atoms with Crippen LogP contribution in [-0.4, -0.2) is 38.3 Å². The molecule has 0 saturated heterocycles. The van der Waals surface area contributed by atoms with Crippen molar-refractivity contribution in [2.75, 3.05) is 13.1 Å². The number of sulfonamides is 1. The molecule has 132 valence electrons. The maximum Gasteiger partial charge on any atom is 0.254 e. The lowest BCUT2D eigenvalue weighted by Crippen LogP contribution is -2.35. The largest absolute Gasteiger partial charge is 0.350 e. The molecule has 0 radical (unpaired) electrons. The second kappa shape index (κ2) is 7.81. The van der Waals surface area contributed by atoms with E-state index in [1.165, 1.54) is 12.4 Å². The summed E-state index contributed by atoms with van der Waals surface area (Å²) in [5, 5.41) is 9.88. The summed E-state index contributed by atoms with van der Waals surface area (Å²) in [7, 11) is -4.05. The molecule has 1 heterocycles. The highest BCUT2D eigenvalue weighted by Crippen LogP contribution is 2.13. The van der Waals surface area contributed by atoms with E-state index in [0.717, 1.165) is 18.2 Å². The zero-order valence-electron chi connectivity index (χ0n) is 12.9. The smallest absolute Gasteiger partial charge is 0.254 e. The highest BCUT2D eigenvalue weighted by molar-refractivity contribution is 7.89. The molecule has 8 nitrogen and oxygen atoms in total. The van der Waals surface area contributed by atoms with Gasteiger partial charge < -0.3 is 10.6 Å². The van der Waals surface area contributed by atoms with E-state index in [4.69, 9.17) is 5.14 Å². The number of hydrogen-bond acceptors (Lipinski definition) is 5. The van der Waals surface area contributed by atoms with Gasteiger partial charge >= 0.3 is 0 Å². The number of aromatic nitrogens is 1. The van der Waals surface area contributed by atoms with Gasteiger partial charge in [0, 0.05) is 25.5 Å². The maximum atomic E-state index is 13.7. The monoisotopic (exact) mass is 366 g/mol. The molecule has 0 saturated carbocycles. The average molecular weight is 366 g/mol. The van der Waals surface area contributed by atoms with Crippen molar-refractivity contribution >= 4 is 21.8 Å². The maximum absolute atomic E-state index is 13.7. The zero-order chi connectivity index (χ0) is 18.4. The van der Waals surface area contributed by atoms with E-state index in [0.29, 0.717) is 5.56 Å². The molecule has 1 aromatic heterocycles. The normalized spacial score (nSPS) is 11.0. The Bertz CT molecular complexity index is 888. The zero-order valence-corrected chi connectivity index (χ0v) is 13.7. The van der Waals surface area contributed by atoms with Crippen molar-refractivity contribution < 1.29 is 22.4 Å². The Morgan fingerprint density at radius 1 is 1.12 bits per heavy atom. The number of nitrogens with zero attached hydrogens (tertiary/aromatic N) is 1. The highest BCUT2D eigenvalue weighted by Gasteiger charge is 2.16. The molecule has 0 bridgehead atoms. The van der Waals surface area contributed by atoms with Crippen molar-refractivity contribution in [2.24, 2.45) is 5.14 Å². The molecule has 2 rings (SSSR count). The van der Waals surface area contributed by atoms with E-state index < -0.39 is 27.3 Å². The molecule has 0 spiro atoms. The fraction of sp³-hybridized carbons (Fsp3) is 0.133. The van der Waals surface area contributed by atoms with Gasteiger partial charge in [-0.05, 0) is 30.3 Å². The Hall–Kier alpha value is -2.85. The number of benzene rings is 1. The van der Waals surface area contributed by atoms with Crippen LogP contribution in [0.25, 0.3) is 0 Å². The lowest BCUT2D eigenvalue weighted by atomic mass is 10.2. The van der Waals surface area contributed by atoms with Gasteiger partial charge in [0.15, 0.2) is 0 Å². The second-order valence-corrected chi connectivity index (χ2v) is 6.50. The van der Waals surface area contributed by atoms with Crippen molar-refractivity contribution in [1.29, 1.82) is 0 Å². The van der Waals surface area contributed by atoms with Crippen LogP contribution in [0.5, 0.6) is 0 Å². The summed E-state index contributed by atoms with van der Waals surface area (Å²) in [6.07, 6.45) is 2.92. The van der Waals surface area contributed by atoms with Gasteiger partial charge in [-0.2, -0.15) is 0 Å². The lowest BCUT2D eigenvalue weighted by Gasteiger charge is -2.08. The number of nitrogens with two attached hydrogens (primary N) is 1. The molecular formula is C15H15FN4O4S. The molecule has 0 unspecified atom stereocenters. The van der Waals surface area contributed by atoms with Crippen LogP contribution in [0.1, 0.15) is 20.7 Å². The van der Waals surface area contributed by atoms with E-state index >= 15 is 0 Å². The topological polar surface area (TPSA) is 131 Å². The summed E-state index contributed by atoms with van der Waals surface area (Å²) in [5.74, 6) is -2.08. The Balaban J connectivity index is 1.92. The first-order valence-corrected chi connectivity index (χ1v) is 8.62. The third kappa shape index (κ3) is 5.06. The fourth-order valence-corrected chi connectivity index (χ4v) is 2.44. The Kier molecular flexibility index (Phi) is 5.78. The number of carbonyl (C=O) groups is 2. The number of carbonyl (C=O) groups excluding carboxylic acids is 2. The first-order chi connectivity index (χ1) is 11.8. The summed E-state index contributed by atoms with van der Waals surface area (Å²) in [4.78, 5) is 27.2. The predicted octanol–water partition coefficient (Wildman–Crippen LogP) is 0.0279. The van der Waals surface area contributed by atoms with Crippen LogP contribution in [0.2, 0.25) is 0 Å². The number of nitrogens with one attached hydrogen (secondary N) is 2. The molecule has 0 fully saturated rings. The minimum atomic E-state index is -4.05. The summed E-state index contributed by atoms with van der Waals surface area (Å²) in [6.45, 7) is 0.111. The average Bonchev–Trinajstić information content (AvgIpc) is 2.58. The molecule has 0 aliphatic rings. The lowest BCUT2D eigenvalue weighted by molar-refractivity contribution is 0.0925. The molecule has 10 heteroatoms. The van der Waals surface area contributed by atoms with E-state index in [9.17, 15) is 22.4 Å². The predicted molar refractivity (Wildman–Crippen MR) is 86.7 cm³/mol. The van der Waals surface area contributed by atoms with Crippen LogP contribution in [0, 0.1) is 5.82 Å². The number of rotatable bonds is 6. The van der Waals surface area contributed by atoms with Crippen LogP contribution < -0.4 is 15.8 Å². The van der Waals surface area contributed by atoms with Crippen LogP contribution in [0.4, 0.5) is 4.39 Å². The van der Waals surface area contributed by atoms with Crippen molar-refractivity contribution in [2.45, 2.75) is 4.90 Å². The van der Waals surface area contributed by atoms with Gasteiger partial charge in [-0.15, -0.1) is 0 Å². The number of amides is 2. The second-order valence-electron chi connectivity index (χ2n) is 4.94. The molecule has 4 N–H and O–H groups in total. The minimum Gasteiger partial charge on any atom is -0.350 e. The van der Waals surface area contributed by atoms with Crippen LogP contribution in [-0.2, 0) is 10.0 Å². The van der Waals surface area contributed by atoms with Crippen LogP contribution in [0.3, 0.4) is 0 Å². The van der Waals surface area contributed by atoms with Crippen molar-refractivity contribution in [1.82, 2.24) is 15.6 Å². The Labute approximate surface area is 143 Å². The van der Waals surface area contributed by atoms with Gasteiger partial charge in [-0.1, -0.05) is 0 Å². The van der Waals surface area contributed by atoms with Gasteiger partial charge in [0.25, 0.3) is 11.8 Å². The molecular weight excluding hydrogens is 351 g/mol. The summed E-state index contributed by atoms with van der Waals surface area (Å²) in [6, 6.07) is 5.86. The molecule has 2 aromatic rings. The highest BCUT2D eigenvalue weighted by atomic mass is 32.2. The molecule has 2 amide bonds. The van der Waals surface area contributed by atoms with Gasteiger partial charge in [-0.25, -0.2) is 17.9 Å². The van der Waals surface area contributed by atoms with Crippen molar-refractivity contribution in [3.8, 4) is 0 Å². The SMILES string of the molecule is NS(=O)(=O)c1ccc(F)c(C(=O)NCCNC(=O)c2cccnc2)c1. The van der Waals surface area contributed by atoms with Crippen LogP contribution in [0.15, 0.2) is 47.6 Å². The third-order valence-electron chi connectivity index (χ3n) is 3.13. The molecule has 1 aromatic carbocycles. The first-order valence-electron chi connectivity index (χ1n) is 7.08. The summed E-state index contributed by atoms with van der Waals surface area (Å²) >= 11 is 0. The molecule has 0 atom stereocenters. The van der Waals surface area contributed by atoms with Crippen molar-refractivity contribution in [3.05, 3.63) is 59.7 Å². The first kappa shape index (κ1) is 18.5. The third-order valence-corrected chi connectivity index (χ3v) is 4.04. The van der Waals surface area contributed by atoms with E-state index in [1.54, 1.807) is 12.1 Å². The summed E-state index contributed by atoms with van der Waals surface area (Å²) in [5.41, 5.74) is -0.0918. The Morgan fingerprint density at radius 2 is 1.80 bits per heavy atom. The van der Waals surface area contributed by atoms with Gasteiger partial charge in [-0.3, -0.25) is 14.6 Å². The van der Waals surface area contributed by atoms with Gasteiger partial charge in [0.2, 0.25) is 10.0 Å². The van der Waals surface area contributed by atoms with E-state index in [2.05, 4.69) is 15.6 Å². The number of hydrogen-bond donors (Lipinski definition) is 3. The van der Waals surface area contributed by atoms with Crippen molar-refractivity contribution in [3.63, 3.8) is 0 Å². The van der Waals surface area contributed by atoms with E-state index in [1.807, 2.05) is 0 Å². The Morgan fingerprint density at radius 3 is 2.40 bits per heavy atom. The molecule has 0 aliphatic carbocycles.